The molecule has 0 fully saturated rings. The molecular formula is C21H27N5O2. The molecule has 0 aliphatic heterocycles. The number of rotatable bonds is 7. The average molecular weight is 381 g/mol. The monoisotopic (exact) mass is 381 g/mol. The topological polar surface area (TPSA) is 92.2 Å². The van der Waals surface area contributed by atoms with E-state index in [0.717, 1.165) is 31.2 Å². The maximum atomic E-state index is 13.0. The van der Waals surface area contributed by atoms with Crippen LogP contribution in [0.3, 0.4) is 0 Å². The lowest BCUT2D eigenvalue weighted by Crippen LogP contribution is -2.35. The number of unbranched alkanes of at least 4 members (excludes halogenated alkanes) is 3. The second-order valence-corrected chi connectivity index (χ2v) is 7.01. The van der Waals surface area contributed by atoms with Gasteiger partial charge in [-0.15, -0.1) is 0 Å². The molecular weight excluding hydrogens is 354 g/mol. The molecule has 0 spiro atoms. The molecule has 3 aromatic heterocycles. The Kier molecular flexibility index (Phi) is 5.92. The smallest absolute Gasteiger partial charge is 0.267 e. The van der Waals surface area contributed by atoms with Crippen LogP contribution in [0.4, 0.5) is 0 Å². The Morgan fingerprint density at radius 3 is 2.71 bits per heavy atom. The molecule has 0 unspecified atom stereocenters. The summed E-state index contributed by atoms with van der Waals surface area (Å²) in [7, 11) is 0. The normalized spacial score (nSPS) is 11.2. The molecule has 0 atom stereocenters. The summed E-state index contributed by atoms with van der Waals surface area (Å²) in [6, 6.07) is 5.20. The summed E-state index contributed by atoms with van der Waals surface area (Å²) in [6.45, 7) is 6.93. The van der Waals surface area contributed by atoms with Gasteiger partial charge in [0.2, 0.25) is 0 Å². The Balaban J connectivity index is 2.10. The molecule has 0 saturated heterocycles. The number of nitrogens with one attached hydrogen (secondary N) is 2. The molecule has 0 aromatic carbocycles. The zero-order chi connectivity index (χ0) is 20.3. The second kappa shape index (κ2) is 8.37. The number of aryl methyl sites for hydroxylation is 2. The van der Waals surface area contributed by atoms with Crippen LogP contribution in [0.15, 0.2) is 29.2 Å². The van der Waals surface area contributed by atoms with Crippen molar-refractivity contribution in [2.24, 2.45) is 0 Å². The van der Waals surface area contributed by atoms with E-state index in [2.05, 4.69) is 17.2 Å². The zero-order valence-electron chi connectivity index (χ0n) is 16.7. The van der Waals surface area contributed by atoms with Crippen LogP contribution < -0.4 is 16.4 Å². The summed E-state index contributed by atoms with van der Waals surface area (Å²) < 4.78 is 3.11. The van der Waals surface area contributed by atoms with E-state index in [1.54, 1.807) is 16.8 Å². The van der Waals surface area contributed by atoms with E-state index in [4.69, 9.17) is 5.41 Å². The highest BCUT2D eigenvalue weighted by molar-refractivity contribution is 5.96. The molecule has 148 valence electrons. The van der Waals surface area contributed by atoms with E-state index in [1.807, 2.05) is 19.9 Å². The lowest BCUT2D eigenvalue weighted by atomic mass is 10.1. The molecule has 3 aromatic rings. The minimum atomic E-state index is -0.320. The molecule has 0 aliphatic carbocycles. The van der Waals surface area contributed by atoms with Crippen molar-refractivity contribution in [3.05, 3.63) is 51.4 Å². The van der Waals surface area contributed by atoms with E-state index in [1.165, 1.54) is 10.5 Å². The van der Waals surface area contributed by atoms with Gasteiger partial charge in [-0.2, -0.15) is 0 Å². The first-order valence-electron chi connectivity index (χ1n) is 9.87. The molecule has 1 amide bonds. The maximum Gasteiger partial charge on any atom is 0.267 e. The van der Waals surface area contributed by atoms with Gasteiger partial charge >= 0.3 is 0 Å². The number of aromatic nitrogens is 3. The van der Waals surface area contributed by atoms with E-state index in [9.17, 15) is 9.59 Å². The van der Waals surface area contributed by atoms with Gasteiger partial charge < -0.3 is 9.88 Å². The van der Waals surface area contributed by atoms with Crippen molar-refractivity contribution < 1.29 is 4.79 Å². The van der Waals surface area contributed by atoms with Crippen LogP contribution in [-0.4, -0.2) is 26.4 Å². The molecule has 3 rings (SSSR count). The van der Waals surface area contributed by atoms with Crippen molar-refractivity contribution >= 4 is 22.6 Å². The SMILES string of the molecule is CCCCCCNC(=O)c1cc2c(=O)n3cccc(C)c3nc2n(CC)c1=N. The van der Waals surface area contributed by atoms with E-state index < -0.39 is 0 Å². The Labute approximate surface area is 163 Å². The summed E-state index contributed by atoms with van der Waals surface area (Å²) in [4.78, 5) is 30.3. The quantitative estimate of drug-likeness (QED) is 0.487. The summed E-state index contributed by atoms with van der Waals surface area (Å²) in [5, 5.41) is 11.7. The van der Waals surface area contributed by atoms with Crippen LogP contribution in [-0.2, 0) is 6.54 Å². The number of hydrogen-bond donors (Lipinski definition) is 2. The van der Waals surface area contributed by atoms with Gasteiger partial charge in [-0.25, -0.2) is 4.98 Å². The number of amides is 1. The lowest BCUT2D eigenvalue weighted by molar-refractivity contribution is 0.0950. The van der Waals surface area contributed by atoms with Gasteiger partial charge in [-0.1, -0.05) is 32.3 Å². The number of carbonyl (C=O) groups is 1. The Morgan fingerprint density at radius 2 is 2.00 bits per heavy atom. The number of carbonyl (C=O) groups excluding carboxylic acids is 1. The van der Waals surface area contributed by atoms with Gasteiger partial charge in [0.05, 0.1) is 10.9 Å². The zero-order valence-corrected chi connectivity index (χ0v) is 16.7. The molecule has 0 bridgehead atoms. The predicted molar refractivity (Wildman–Crippen MR) is 110 cm³/mol. The highest BCUT2D eigenvalue weighted by Gasteiger charge is 2.17. The van der Waals surface area contributed by atoms with Crippen molar-refractivity contribution in [2.45, 2.75) is 53.0 Å². The third-order valence-electron chi connectivity index (χ3n) is 5.01. The van der Waals surface area contributed by atoms with Crippen LogP contribution in [0.1, 0.15) is 55.5 Å². The molecule has 28 heavy (non-hydrogen) atoms. The highest BCUT2D eigenvalue weighted by atomic mass is 16.1. The predicted octanol–water partition coefficient (Wildman–Crippen LogP) is 2.77. The molecule has 0 saturated carbocycles. The van der Waals surface area contributed by atoms with Crippen molar-refractivity contribution in [1.82, 2.24) is 19.3 Å². The van der Waals surface area contributed by atoms with Crippen LogP contribution in [0.5, 0.6) is 0 Å². The molecule has 2 N–H and O–H groups in total. The van der Waals surface area contributed by atoms with Crippen molar-refractivity contribution in [3.8, 4) is 0 Å². The van der Waals surface area contributed by atoms with E-state index >= 15 is 0 Å². The fourth-order valence-electron chi connectivity index (χ4n) is 3.43. The highest BCUT2D eigenvalue weighted by Crippen LogP contribution is 2.12. The van der Waals surface area contributed by atoms with Gasteiger partial charge in [0.1, 0.15) is 16.8 Å². The molecule has 7 heteroatoms. The standard InChI is InChI=1S/C21H27N5O2/c1-4-6-7-8-11-23-20(27)15-13-16-19(25(5-2)17(15)22)24-18-14(3)10-9-12-26(18)21(16)28/h9-10,12-13,22H,4-8,11H2,1-3H3,(H,23,27). The third kappa shape index (κ3) is 3.56. The Hall–Kier alpha value is -2.96. The Bertz CT molecular complexity index is 1140. The minimum Gasteiger partial charge on any atom is -0.352 e. The average Bonchev–Trinajstić information content (AvgIpc) is 2.68. The van der Waals surface area contributed by atoms with Crippen LogP contribution in [0, 0.1) is 12.3 Å². The molecule has 0 aliphatic rings. The summed E-state index contributed by atoms with van der Waals surface area (Å²) in [5.74, 6) is -0.320. The number of nitrogens with zero attached hydrogens (tertiary/aromatic N) is 3. The van der Waals surface area contributed by atoms with Crippen molar-refractivity contribution in [3.63, 3.8) is 0 Å². The second-order valence-electron chi connectivity index (χ2n) is 7.01. The van der Waals surface area contributed by atoms with E-state index in [-0.39, 0.29) is 22.5 Å². The van der Waals surface area contributed by atoms with Crippen LogP contribution in [0.25, 0.3) is 16.7 Å². The van der Waals surface area contributed by atoms with Crippen molar-refractivity contribution in [2.75, 3.05) is 6.54 Å². The van der Waals surface area contributed by atoms with Crippen LogP contribution in [0.2, 0.25) is 0 Å². The van der Waals surface area contributed by atoms with Gasteiger partial charge in [0, 0.05) is 19.3 Å². The summed E-state index contributed by atoms with van der Waals surface area (Å²) in [5.41, 5.74) is 1.93. The summed E-state index contributed by atoms with van der Waals surface area (Å²) in [6.07, 6.45) is 5.92. The fourth-order valence-corrected chi connectivity index (χ4v) is 3.43. The molecule has 3 heterocycles. The number of fused-ring (bicyclic) bond motifs is 2. The van der Waals surface area contributed by atoms with Gasteiger partial charge in [0.25, 0.3) is 11.5 Å². The third-order valence-corrected chi connectivity index (χ3v) is 5.01. The lowest BCUT2D eigenvalue weighted by Gasteiger charge is -2.14. The first-order chi connectivity index (χ1) is 13.5. The maximum absolute atomic E-state index is 13.0. The number of pyridine rings is 2. The Morgan fingerprint density at radius 1 is 1.21 bits per heavy atom. The van der Waals surface area contributed by atoms with Gasteiger partial charge in [-0.05, 0) is 38.0 Å². The first kappa shape index (κ1) is 19.8. The van der Waals surface area contributed by atoms with Gasteiger partial charge in [-0.3, -0.25) is 19.4 Å². The van der Waals surface area contributed by atoms with Gasteiger partial charge in [0.15, 0.2) is 0 Å². The first-order valence-corrected chi connectivity index (χ1v) is 9.87. The summed E-state index contributed by atoms with van der Waals surface area (Å²) >= 11 is 0. The fraction of sp³-hybridized carbons (Fsp3) is 0.429. The largest absolute Gasteiger partial charge is 0.352 e. The van der Waals surface area contributed by atoms with Crippen LogP contribution >= 0.6 is 0 Å². The van der Waals surface area contributed by atoms with E-state index in [0.29, 0.717) is 29.8 Å². The molecule has 0 radical (unpaired) electrons. The van der Waals surface area contributed by atoms with Crippen molar-refractivity contribution in [1.29, 1.82) is 5.41 Å². The number of hydrogen-bond acceptors (Lipinski definition) is 4. The minimum absolute atomic E-state index is 0.0749. The molecule has 7 nitrogen and oxygen atoms in total.